The fourth-order valence-corrected chi connectivity index (χ4v) is 3.34. The van der Waals surface area contributed by atoms with Gasteiger partial charge in [-0.2, -0.15) is 0 Å². The molecule has 3 rings (SSSR count). The first-order valence-electron chi connectivity index (χ1n) is 8.60. The van der Waals surface area contributed by atoms with Crippen LogP contribution in [0.3, 0.4) is 0 Å². The number of pyridine rings is 1. The Labute approximate surface area is 170 Å². The summed E-state index contributed by atoms with van der Waals surface area (Å²) in [6.07, 6.45) is 2.21. The lowest BCUT2D eigenvalue weighted by molar-refractivity contribution is 0.0802. The van der Waals surface area contributed by atoms with Gasteiger partial charge in [0, 0.05) is 14.1 Å². The summed E-state index contributed by atoms with van der Waals surface area (Å²) in [5, 5.41) is 20.7. The van der Waals surface area contributed by atoms with E-state index < -0.39 is 34.2 Å². The number of carbonyl (C=O) groups is 1. The largest absolute Gasteiger partial charge is 0.445 e. The maximum absolute atomic E-state index is 12.6. The molecule has 30 heavy (non-hydrogen) atoms. The lowest BCUT2D eigenvalue weighted by Crippen LogP contribution is -2.29. The SMILES string of the molecule is CN(C)S(=O)(=O)c1ccc(NC(=O)c2coc3ncn(CC(O)CO)c(=O)c23)cn1. The number of furan rings is 1. The number of hydrogen-bond donors (Lipinski definition) is 3. The molecule has 0 aliphatic rings. The van der Waals surface area contributed by atoms with Crippen LogP contribution in [0.15, 0.2) is 45.2 Å². The van der Waals surface area contributed by atoms with Crippen molar-refractivity contribution < 1.29 is 27.8 Å². The number of nitrogens with zero attached hydrogens (tertiary/aromatic N) is 4. The Morgan fingerprint density at radius 2 is 2.07 bits per heavy atom. The van der Waals surface area contributed by atoms with Gasteiger partial charge in [0.2, 0.25) is 5.71 Å². The van der Waals surface area contributed by atoms with E-state index in [9.17, 15) is 23.1 Å². The maximum atomic E-state index is 12.6. The first-order chi connectivity index (χ1) is 14.1. The predicted molar refractivity (Wildman–Crippen MR) is 104 cm³/mol. The van der Waals surface area contributed by atoms with E-state index in [4.69, 9.17) is 9.52 Å². The molecule has 13 heteroatoms. The number of aliphatic hydroxyl groups is 2. The van der Waals surface area contributed by atoms with Crippen LogP contribution in [0.5, 0.6) is 0 Å². The molecule has 0 saturated heterocycles. The standard InChI is InChI=1S/C17H19N5O7S/c1-21(2)30(27,28)13-4-3-10(5-18-13)20-15(25)12-8-29-16-14(12)17(26)22(9-19-16)6-11(24)7-23/h3-5,8-9,11,23-24H,6-7H2,1-2H3,(H,20,25). The second-order valence-electron chi connectivity index (χ2n) is 6.49. The van der Waals surface area contributed by atoms with Crippen LogP contribution in [0.1, 0.15) is 10.4 Å². The number of carbonyl (C=O) groups excluding carboxylic acids is 1. The quantitative estimate of drug-likeness (QED) is 0.430. The zero-order valence-electron chi connectivity index (χ0n) is 16.0. The summed E-state index contributed by atoms with van der Waals surface area (Å²) in [5.74, 6) is -0.696. The van der Waals surface area contributed by atoms with Gasteiger partial charge in [0.15, 0.2) is 5.03 Å². The number of rotatable bonds is 7. The number of amides is 1. The van der Waals surface area contributed by atoms with E-state index >= 15 is 0 Å². The Kier molecular flexibility index (Phi) is 5.98. The third-order valence-corrected chi connectivity index (χ3v) is 5.89. The van der Waals surface area contributed by atoms with Crippen molar-refractivity contribution in [2.75, 3.05) is 26.0 Å². The highest BCUT2D eigenvalue weighted by atomic mass is 32.2. The third kappa shape index (κ3) is 4.09. The lowest BCUT2D eigenvalue weighted by atomic mass is 10.2. The molecule has 0 aliphatic heterocycles. The second kappa shape index (κ2) is 8.31. The normalized spacial score (nSPS) is 13.0. The van der Waals surface area contributed by atoms with Crippen LogP contribution in [-0.2, 0) is 16.6 Å². The molecule has 3 aromatic rings. The third-order valence-electron chi connectivity index (χ3n) is 4.16. The van der Waals surface area contributed by atoms with Gasteiger partial charge >= 0.3 is 0 Å². The predicted octanol–water partition coefficient (Wildman–Crippen LogP) is -0.760. The maximum Gasteiger partial charge on any atom is 0.265 e. The molecule has 0 aromatic carbocycles. The summed E-state index contributed by atoms with van der Waals surface area (Å²) in [7, 11) is -0.969. The van der Waals surface area contributed by atoms with Gasteiger partial charge < -0.3 is 19.9 Å². The van der Waals surface area contributed by atoms with Crippen molar-refractivity contribution in [3.8, 4) is 0 Å². The van der Waals surface area contributed by atoms with Crippen molar-refractivity contribution in [1.82, 2.24) is 18.8 Å². The van der Waals surface area contributed by atoms with Crippen molar-refractivity contribution in [3.63, 3.8) is 0 Å². The summed E-state index contributed by atoms with van der Waals surface area (Å²) in [4.78, 5) is 33.1. The number of anilines is 1. The van der Waals surface area contributed by atoms with Gasteiger partial charge in [-0.3, -0.25) is 14.2 Å². The minimum Gasteiger partial charge on any atom is -0.445 e. The summed E-state index contributed by atoms with van der Waals surface area (Å²) in [5.41, 5.74) is -0.588. The van der Waals surface area contributed by atoms with Gasteiger partial charge in [-0.25, -0.2) is 22.7 Å². The molecule has 3 aromatic heterocycles. The molecule has 0 bridgehead atoms. The lowest BCUT2D eigenvalue weighted by Gasteiger charge is -2.11. The van der Waals surface area contributed by atoms with E-state index in [1.54, 1.807) is 0 Å². The topological polar surface area (TPSA) is 168 Å². The van der Waals surface area contributed by atoms with Crippen LogP contribution < -0.4 is 10.9 Å². The Morgan fingerprint density at radius 1 is 1.33 bits per heavy atom. The number of nitrogens with one attached hydrogen (secondary N) is 1. The molecule has 12 nitrogen and oxygen atoms in total. The fraction of sp³-hybridized carbons (Fsp3) is 0.294. The van der Waals surface area contributed by atoms with Gasteiger partial charge in [-0.15, -0.1) is 0 Å². The van der Waals surface area contributed by atoms with E-state index in [1.807, 2.05) is 0 Å². The molecule has 1 unspecified atom stereocenters. The van der Waals surface area contributed by atoms with Crippen molar-refractivity contribution in [2.24, 2.45) is 0 Å². The van der Waals surface area contributed by atoms with E-state index in [2.05, 4.69) is 15.3 Å². The Bertz CT molecular complexity index is 1230. The fourth-order valence-electron chi connectivity index (χ4n) is 2.54. The highest BCUT2D eigenvalue weighted by molar-refractivity contribution is 7.89. The van der Waals surface area contributed by atoms with Gasteiger partial charge in [0.1, 0.15) is 18.0 Å². The smallest absolute Gasteiger partial charge is 0.265 e. The molecule has 0 fully saturated rings. The summed E-state index contributed by atoms with van der Waals surface area (Å²) >= 11 is 0. The van der Waals surface area contributed by atoms with Crippen molar-refractivity contribution in [3.05, 3.63) is 46.8 Å². The number of sulfonamides is 1. The molecular formula is C17H19N5O7S. The van der Waals surface area contributed by atoms with Crippen LogP contribution >= 0.6 is 0 Å². The molecular weight excluding hydrogens is 418 g/mol. The minimum atomic E-state index is -3.71. The van der Waals surface area contributed by atoms with E-state index in [0.29, 0.717) is 0 Å². The zero-order chi connectivity index (χ0) is 22.1. The van der Waals surface area contributed by atoms with Crippen LogP contribution in [0.4, 0.5) is 5.69 Å². The van der Waals surface area contributed by atoms with E-state index in [1.165, 1.54) is 32.4 Å². The van der Waals surface area contributed by atoms with Crippen LogP contribution in [0.25, 0.3) is 11.1 Å². The number of aromatic nitrogens is 3. The highest BCUT2D eigenvalue weighted by Gasteiger charge is 2.21. The molecule has 0 aliphatic carbocycles. The van der Waals surface area contributed by atoms with E-state index in [-0.39, 0.29) is 33.9 Å². The first kappa shape index (κ1) is 21.6. The Hall–Kier alpha value is -3.13. The van der Waals surface area contributed by atoms with Gasteiger partial charge in [-0.1, -0.05) is 0 Å². The Balaban J connectivity index is 1.89. The Morgan fingerprint density at radius 3 is 2.67 bits per heavy atom. The van der Waals surface area contributed by atoms with Gasteiger partial charge in [0.05, 0.1) is 36.7 Å². The molecule has 0 spiro atoms. The molecule has 0 saturated carbocycles. The van der Waals surface area contributed by atoms with Crippen molar-refractivity contribution in [2.45, 2.75) is 17.7 Å². The second-order valence-corrected chi connectivity index (χ2v) is 8.59. The molecule has 1 amide bonds. The van der Waals surface area contributed by atoms with Gasteiger partial charge in [-0.05, 0) is 12.1 Å². The minimum absolute atomic E-state index is 0.0644. The molecule has 160 valence electrons. The van der Waals surface area contributed by atoms with Crippen LogP contribution in [0.2, 0.25) is 0 Å². The monoisotopic (exact) mass is 437 g/mol. The molecule has 0 radical (unpaired) electrons. The van der Waals surface area contributed by atoms with Crippen molar-refractivity contribution in [1.29, 1.82) is 0 Å². The molecule has 3 heterocycles. The number of aliphatic hydroxyl groups excluding tert-OH is 2. The number of hydrogen-bond acceptors (Lipinski definition) is 9. The molecule has 1 atom stereocenters. The summed E-state index contributed by atoms with van der Waals surface area (Å²) in [6.45, 7) is -0.758. The van der Waals surface area contributed by atoms with Crippen LogP contribution in [-0.4, -0.2) is 70.2 Å². The average Bonchev–Trinajstić information content (AvgIpc) is 3.15. The van der Waals surface area contributed by atoms with Crippen molar-refractivity contribution >= 4 is 32.7 Å². The number of fused-ring (bicyclic) bond motifs is 1. The average molecular weight is 437 g/mol. The van der Waals surface area contributed by atoms with Crippen LogP contribution in [0, 0.1) is 0 Å². The summed E-state index contributed by atoms with van der Waals surface area (Å²) < 4.78 is 31.3. The zero-order valence-corrected chi connectivity index (χ0v) is 16.8. The first-order valence-corrected chi connectivity index (χ1v) is 10.0. The highest BCUT2D eigenvalue weighted by Crippen LogP contribution is 2.18. The summed E-state index contributed by atoms with van der Waals surface area (Å²) in [6, 6.07) is 2.60. The van der Waals surface area contributed by atoms with E-state index in [0.717, 1.165) is 21.5 Å². The molecule has 3 N–H and O–H groups in total. The van der Waals surface area contributed by atoms with Gasteiger partial charge in [0.25, 0.3) is 21.5 Å².